The molecule has 29 heavy (non-hydrogen) atoms. The molecule has 3 rings (SSSR count). The second kappa shape index (κ2) is 8.88. The van der Waals surface area contributed by atoms with E-state index in [2.05, 4.69) is 9.97 Å². The standard InChI is InChI=1S/C21H17F2N3O2S/c1-12(2)28-15-8-6-13(7-9-15)19-16(10-24)20(27)26-21(25-19)29-11-14-4-3-5-17(22)18(14)23/h3-9,12H,11H2,1-2H3,(H,25,26,27). The summed E-state index contributed by atoms with van der Waals surface area (Å²) in [5, 5.41) is 19.7. The highest BCUT2D eigenvalue weighted by Crippen LogP contribution is 2.32. The average molecular weight is 413 g/mol. The number of hydrogen-bond donors (Lipinski definition) is 1. The second-order valence-electron chi connectivity index (χ2n) is 6.36. The molecule has 0 aliphatic carbocycles. The maximum absolute atomic E-state index is 13.8. The van der Waals surface area contributed by atoms with Gasteiger partial charge in [-0.1, -0.05) is 23.9 Å². The van der Waals surface area contributed by atoms with Crippen molar-refractivity contribution in [1.29, 1.82) is 5.26 Å². The molecule has 1 N–H and O–H groups in total. The lowest BCUT2D eigenvalue weighted by Gasteiger charge is -2.11. The minimum absolute atomic E-state index is 0.0184. The van der Waals surface area contributed by atoms with Gasteiger partial charge in [-0.15, -0.1) is 0 Å². The Bertz CT molecular complexity index is 1070. The minimum Gasteiger partial charge on any atom is -0.492 e. The molecule has 3 aromatic rings. The fourth-order valence-electron chi connectivity index (χ4n) is 2.57. The molecule has 5 nitrogen and oxygen atoms in total. The van der Waals surface area contributed by atoms with Crippen molar-refractivity contribution in [3.8, 4) is 29.0 Å². The van der Waals surface area contributed by atoms with Crippen LogP contribution in [0.2, 0.25) is 0 Å². The van der Waals surface area contributed by atoms with Gasteiger partial charge in [0.2, 0.25) is 5.88 Å². The third kappa shape index (κ3) is 4.81. The monoisotopic (exact) mass is 413 g/mol. The van der Waals surface area contributed by atoms with Crippen LogP contribution in [0.3, 0.4) is 0 Å². The maximum Gasteiger partial charge on any atom is 0.233 e. The molecule has 0 spiro atoms. The highest BCUT2D eigenvalue weighted by atomic mass is 32.2. The summed E-state index contributed by atoms with van der Waals surface area (Å²) < 4.78 is 32.8. The van der Waals surface area contributed by atoms with Gasteiger partial charge in [0.15, 0.2) is 16.8 Å². The molecule has 0 saturated carbocycles. The zero-order valence-corrected chi connectivity index (χ0v) is 16.5. The van der Waals surface area contributed by atoms with Gasteiger partial charge in [-0.3, -0.25) is 0 Å². The quantitative estimate of drug-likeness (QED) is 0.449. The van der Waals surface area contributed by atoms with Crippen molar-refractivity contribution in [2.75, 3.05) is 0 Å². The largest absolute Gasteiger partial charge is 0.492 e. The number of aromatic hydroxyl groups is 1. The molecule has 148 valence electrons. The normalized spacial score (nSPS) is 10.8. The van der Waals surface area contributed by atoms with Crippen LogP contribution in [0.25, 0.3) is 11.3 Å². The Balaban J connectivity index is 1.90. The Hall–Kier alpha value is -3.18. The zero-order valence-electron chi connectivity index (χ0n) is 15.7. The Morgan fingerprint density at radius 2 is 1.86 bits per heavy atom. The van der Waals surface area contributed by atoms with Gasteiger partial charge in [0.25, 0.3) is 0 Å². The van der Waals surface area contributed by atoms with Crippen LogP contribution >= 0.6 is 11.8 Å². The maximum atomic E-state index is 13.8. The van der Waals surface area contributed by atoms with Gasteiger partial charge in [-0.2, -0.15) is 10.2 Å². The van der Waals surface area contributed by atoms with E-state index in [0.29, 0.717) is 11.3 Å². The molecular weight excluding hydrogens is 396 g/mol. The minimum atomic E-state index is -0.934. The first-order valence-electron chi connectivity index (χ1n) is 8.73. The molecule has 0 radical (unpaired) electrons. The van der Waals surface area contributed by atoms with E-state index in [-0.39, 0.29) is 33.8 Å². The molecular formula is C21H17F2N3O2S. The SMILES string of the molecule is CC(C)Oc1ccc(-c2nc(SCc3cccc(F)c3F)nc(O)c2C#N)cc1. The Kier molecular flexibility index (Phi) is 6.29. The lowest BCUT2D eigenvalue weighted by atomic mass is 10.1. The van der Waals surface area contributed by atoms with Crippen LogP contribution in [0.5, 0.6) is 11.6 Å². The van der Waals surface area contributed by atoms with E-state index in [1.54, 1.807) is 24.3 Å². The lowest BCUT2D eigenvalue weighted by Crippen LogP contribution is -2.05. The van der Waals surface area contributed by atoms with Crippen molar-refractivity contribution >= 4 is 11.8 Å². The van der Waals surface area contributed by atoms with Gasteiger partial charge in [-0.05, 0) is 44.2 Å². The smallest absolute Gasteiger partial charge is 0.233 e. The van der Waals surface area contributed by atoms with Gasteiger partial charge >= 0.3 is 0 Å². The van der Waals surface area contributed by atoms with E-state index in [1.165, 1.54) is 12.1 Å². The first kappa shape index (κ1) is 20.6. The first-order valence-corrected chi connectivity index (χ1v) is 9.71. The number of aromatic nitrogens is 2. The summed E-state index contributed by atoms with van der Waals surface area (Å²) in [6.45, 7) is 3.82. The summed E-state index contributed by atoms with van der Waals surface area (Å²) in [4.78, 5) is 8.24. The molecule has 0 bridgehead atoms. The molecule has 1 aromatic heterocycles. The van der Waals surface area contributed by atoms with Crippen LogP contribution in [-0.2, 0) is 5.75 Å². The van der Waals surface area contributed by atoms with E-state index < -0.39 is 17.5 Å². The third-order valence-electron chi connectivity index (χ3n) is 3.87. The van der Waals surface area contributed by atoms with Crippen molar-refractivity contribution in [2.45, 2.75) is 30.9 Å². The van der Waals surface area contributed by atoms with Crippen LogP contribution in [-0.4, -0.2) is 21.2 Å². The van der Waals surface area contributed by atoms with Crippen molar-refractivity contribution in [1.82, 2.24) is 9.97 Å². The highest BCUT2D eigenvalue weighted by Gasteiger charge is 2.17. The lowest BCUT2D eigenvalue weighted by molar-refractivity contribution is 0.242. The number of halogens is 2. The molecule has 0 fully saturated rings. The summed E-state index contributed by atoms with van der Waals surface area (Å²) in [5.41, 5.74) is 0.926. The van der Waals surface area contributed by atoms with Crippen LogP contribution < -0.4 is 4.74 Å². The van der Waals surface area contributed by atoms with Crippen LogP contribution in [0.4, 0.5) is 8.78 Å². The van der Waals surface area contributed by atoms with E-state index >= 15 is 0 Å². The van der Waals surface area contributed by atoms with Gasteiger partial charge in [0, 0.05) is 16.9 Å². The molecule has 2 aromatic carbocycles. The highest BCUT2D eigenvalue weighted by molar-refractivity contribution is 7.98. The van der Waals surface area contributed by atoms with E-state index in [9.17, 15) is 19.1 Å². The van der Waals surface area contributed by atoms with E-state index in [1.807, 2.05) is 19.9 Å². The summed E-state index contributed by atoms with van der Waals surface area (Å²) in [6, 6.07) is 12.7. The summed E-state index contributed by atoms with van der Waals surface area (Å²) in [6.07, 6.45) is 0.0184. The van der Waals surface area contributed by atoms with Crippen molar-refractivity contribution in [2.24, 2.45) is 0 Å². The molecule has 0 aliphatic rings. The Morgan fingerprint density at radius 3 is 2.52 bits per heavy atom. The van der Waals surface area contributed by atoms with Crippen molar-refractivity contribution in [3.63, 3.8) is 0 Å². The van der Waals surface area contributed by atoms with Crippen LogP contribution in [0.1, 0.15) is 25.0 Å². The molecule has 0 amide bonds. The molecule has 0 atom stereocenters. The van der Waals surface area contributed by atoms with Gasteiger partial charge in [0.1, 0.15) is 17.4 Å². The van der Waals surface area contributed by atoms with Crippen LogP contribution in [0, 0.1) is 23.0 Å². The van der Waals surface area contributed by atoms with Gasteiger partial charge < -0.3 is 9.84 Å². The predicted molar refractivity (Wildman–Crippen MR) is 106 cm³/mol. The Labute approximate surface area is 171 Å². The Morgan fingerprint density at radius 1 is 1.14 bits per heavy atom. The number of nitriles is 1. The summed E-state index contributed by atoms with van der Waals surface area (Å²) in [7, 11) is 0. The first-order chi connectivity index (χ1) is 13.9. The number of hydrogen-bond acceptors (Lipinski definition) is 6. The number of ether oxygens (including phenoxy) is 1. The molecule has 0 unspecified atom stereocenters. The third-order valence-corrected chi connectivity index (χ3v) is 4.77. The number of rotatable bonds is 6. The topological polar surface area (TPSA) is 79.0 Å². The van der Waals surface area contributed by atoms with Gasteiger partial charge in [0.05, 0.1) is 11.8 Å². The van der Waals surface area contributed by atoms with E-state index in [4.69, 9.17) is 4.74 Å². The van der Waals surface area contributed by atoms with Crippen molar-refractivity contribution in [3.05, 3.63) is 65.2 Å². The summed E-state index contributed by atoms with van der Waals surface area (Å²) in [5.74, 6) is -1.61. The number of thioether (sulfide) groups is 1. The second-order valence-corrected chi connectivity index (χ2v) is 7.30. The molecule has 0 saturated heterocycles. The summed E-state index contributed by atoms with van der Waals surface area (Å²) >= 11 is 1.03. The van der Waals surface area contributed by atoms with Gasteiger partial charge in [-0.25, -0.2) is 13.8 Å². The van der Waals surface area contributed by atoms with Crippen molar-refractivity contribution < 1.29 is 18.6 Å². The van der Waals surface area contributed by atoms with E-state index in [0.717, 1.165) is 17.8 Å². The average Bonchev–Trinajstić information content (AvgIpc) is 2.69. The fraction of sp³-hybridized carbons (Fsp3) is 0.190. The number of nitrogens with zero attached hydrogens (tertiary/aromatic N) is 3. The zero-order chi connectivity index (χ0) is 21.0. The molecule has 8 heteroatoms. The molecule has 0 aliphatic heterocycles. The van der Waals surface area contributed by atoms with Crippen LogP contribution in [0.15, 0.2) is 47.6 Å². The predicted octanol–water partition coefficient (Wildman–Crippen LogP) is 5.08. The number of benzene rings is 2. The fourth-order valence-corrected chi connectivity index (χ4v) is 3.39. The molecule has 1 heterocycles.